The molecule has 2 heterocycles. The molecule has 1 aliphatic rings. The molecule has 43 heavy (non-hydrogen) atoms. The summed E-state index contributed by atoms with van der Waals surface area (Å²) in [6, 6.07) is 13.3. The van der Waals surface area contributed by atoms with E-state index in [1.165, 1.54) is 4.68 Å². The lowest BCUT2D eigenvalue weighted by molar-refractivity contribution is -0.192. The number of carboxylic acid groups (broad SMARTS) is 2. The molecule has 16 heteroatoms. The van der Waals surface area contributed by atoms with E-state index in [1.54, 1.807) is 35.4 Å². The summed E-state index contributed by atoms with van der Waals surface area (Å²) in [4.78, 5) is 48.2. The number of nitrogen functional groups attached to an aromatic ring is 1. The topological polar surface area (TPSA) is 192 Å². The summed E-state index contributed by atoms with van der Waals surface area (Å²) < 4.78 is 34.2. The van der Waals surface area contributed by atoms with Crippen LogP contribution in [0, 0.1) is 8.98 Å². The number of alkyl halides is 3. The Balaban J connectivity index is 0.000000646. The number of nitrogens with one attached hydrogen (secondary N) is 2. The van der Waals surface area contributed by atoms with Crippen LogP contribution in [0.15, 0.2) is 54.7 Å². The predicted molar refractivity (Wildman–Crippen MR) is 154 cm³/mol. The molecule has 1 aromatic heterocycles. The summed E-state index contributed by atoms with van der Waals surface area (Å²) in [5.74, 6) is -4.46. The summed E-state index contributed by atoms with van der Waals surface area (Å²) in [5, 5.41) is 30.9. The van der Waals surface area contributed by atoms with Crippen molar-refractivity contribution in [2.45, 2.75) is 38.1 Å². The van der Waals surface area contributed by atoms with Gasteiger partial charge in [0.2, 0.25) is 5.91 Å². The molecule has 1 aliphatic heterocycles. The average Bonchev–Trinajstić information content (AvgIpc) is 3.34. The molecule has 4 rings (SSSR count). The van der Waals surface area contributed by atoms with Gasteiger partial charge < -0.3 is 26.2 Å². The van der Waals surface area contributed by atoms with Gasteiger partial charge in [0, 0.05) is 52.4 Å². The van der Waals surface area contributed by atoms with Crippen molar-refractivity contribution in [1.82, 2.24) is 20.0 Å². The molecule has 0 spiro atoms. The van der Waals surface area contributed by atoms with Crippen LogP contribution in [0.2, 0.25) is 0 Å². The van der Waals surface area contributed by atoms with Gasteiger partial charge in [0.1, 0.15) is 18.4 Å². The first kappa shape index (κ1) is 33.0. The fourth-order valence-electron chi connectivity index (χ4n) is 4.10. The first-order valence-electron chi connectivity index (χ1n) is 12.5. The minimum atomic E-state index is -5.08. The van der Waals surface area contributed by atoms with Crippen molar-refractivity contribution in [2.75, 3.05) is 6.54 Å². The number of rotatable bonds is 8. The third-order valence-corrected chi connectivity index (χ3v) is 6.89. The van der Waals surface area contributed by atoms with E-state index >= 15 is 0 Å². The summed E-state index contributed by atoms with van der Waals surface area (Å²) in [7, 11) is 0. The van der Waals surface area contributed by atoms with Crippen LogP contribution < -0.4 is 11.1 Å². The van der Waals surface area contributed by atoms with Gasteiger partial charge in [-0.3, -0.25) is 24.5 Å². The molecule has 0 fully saturated rings. The molecule has 2 amide bonds. The number of carbonyl (C=O) groups excluding carboxylic acids is 2. The van der Waals surface area contributed by atoms with E-state index in [2.05, 4.69) is 33.0 Å². The largest absolute Gasteiger partial charge is 0.490 e. The zero-order chi connectivity index (χ0) is 31.9. The van der Waals surface area contributed by atoms with E-state index in [-0.39, 0.29) is 18.3 Å². The normalized spacial score (nSPS) is 13.2. The van der Waals surface area contributed by atoms with Gasteiger partial charge in [-0.2, -0.15) is 18.3 Å². The Hall–Kier alpha value is -4.48. The highest BCUT2D eigenvalue weighted by atomic mass is 127. The molecule has 12 nitrogen and oxygen atoms in total. The molecule has 228 valence electrons. The van der Waals surface area contributed by atoms with Crippen molar-refractivity contribution in [3.8, 4) is 0 Å². The number of aromatic nitrogens is 2. The zero-order valence-corrected chi connectivity index (χ0v) is 24.4. The number of carbonyl (C=O) groups is 4. The van der Waals surface area contributed by atoms with Crippen LogP contribution in [-0.2, 0) is 40.3 Å². The third kappa shape index (κ3) is 9.52. The van der Waals surface area contributed by atoms with Crippen LogP contribution in [0.3, 0.4) is 0 Å². The lowest BCUT2D eigenvalue weighted by atomic mass is 10.0. The fraction of sp³-hybridized carbons (Fsp3) is 0.259. The number of hydrogen-bond donors (Lipinski definition) is 5. The number of aliphatic carboxylic acids is 2. The zero-order valence-electron chi connectivity index (χ0n) is 22.3. The monoisotopic (exact) mass is 714 g/mol. The van der Waals surface area contributed by atoms with Gasteiger partial charge in [-0.05, 0) is 52.4 Å². The van der Waals surface area contributed by atoms with E-state index in [9.17, 15) is 27.6 Å². The Morgan fingerprint density at radius 1 is 1.05 bits per heavy atom. The fourth-order valence-corrected chi connectivity index (χ4v) is 4.46. The van der Waals surface area contributed by atoms with Gasteiger partial charge in [0.05, 0.1) is 5.69 Å². The number of hydrogen-bond acceptors (Lipinski definition) is 6. The van der Waals surface area contributed by atoms with Crippen molar-refractivity contribution < 1.29 is 42.6 Å². The number of amides is 2. The number of amidine groups is 1. The number of benzene rings is 2. The first-order valence-corrected chi connectivity index (χ1v) is 13.6. The molecule has 0 radical (unpaired) electrons. The number of fused-ring (bicyclic) bond motifs is 1. The van der Waals surface area contributed by atoms with Crippen molar-refractivity contribution in [1.29, 1.82) is 5.41 Å². The quantitative estimate of drug-likeness (QED) is 0.134. The Labute approximate surface area is 256 Å². The third-order valence-electron chi connectivity index (χ3n) is 6.17. The Bertz CT molecular complexity index is 1510. The molecule has 0 saturated carbocycles. The van der Waals surface area contributed by atoms with Crippen molar-refractivity contribution >= 4 is 52.2 Å². The number of carboxylic acids is 2. The molecular formula is C27H26F3IN6O6. The molecule has 1 atom stereocenters. The van der Waals surface area contributed by atoms with Crippen molar-refractivity contribution in [2.24, 2.45) is 5.73 Å². The number of nitrogens with zero attached hydrogens (tertiary/aromatic N) is 3. The Kier molecular flexibility index (Phi) is 10.8. The standard InChI is InChI=1S/C25H25IN6O4.C2HF3O2/c26-19-7-1-15(2-8-19)11-21(29-24(35)17-5-3-16(4-6-17)23(27)28)25(36)31-10-9-20-18(12-31)13-32(30-20)14-22(33)34;3-2(4,5)1(6)7/h1-8,13,21H,9-12,14H2,(H3,27,28)(H,29,35)(H,33,34);(H,6,7)/t21-;/m0./s1. The van der Waals surface area contributed by atoms with Gasteiger partial charge >= 0.3 is 18.1 Å². The van der Waals surface area contributed by atoms with Gasteiger partial charge in [-0.25, -0.2) is 4.79 Å². The first-order chi connectivity index (χ1) is 20.1. The van der Waals surface area contributed by atoms with Crippen molar-refractivity contribution in [3.63, 3.8) is 0 Å². The number of halogens is 4. The minimum absolute atomic E-state index is 0.0927. The maximum absolute atomic E-state index is 13.6. The van der Waals surface area contributed by atoms with Crippen LogP contribution in [-0.4, -0.2) is 73.2 Å². The second-order valence-corrected chi connectivity index (χ2v) is 10.6. The average molecular weight is 714 g/mol. The van der Waals surface area contributed by atoms with Crippen LogP contribution in [0.25, 0.3) is 0 Å². The van der Waals surface area contributed by atoms with E-state index in [1.807, 2.05) is 24.3 Å². The van der Waals surface area contributed by atoms with Gasteiger partial charge in [-0.1, -0.05) is 24.3 Å². The molecule has 0 unspecified atom stereocenters. The van der Waals surface area contributed by atoms with E-state index in [0.717, 1.165) is 20.4 Å². The van der Waals surface area contributed by atoms with Crippen LogP contribution in [0.1, 0.15) is 32.7 Å². The summed E-state index contributed by atoms with van der Waals surface area (Å²) in [5.41, 5.74) is 8.85. The second-order valence-electron chi connectivity index (χ2n) is 9.35. The second kappa shape index (κ2) is 14.1. The molecule has 0 saturated heterocycles. The highest BCUT2D eigenvalue weighted by Crippen LogP contribution is 2.20. The minimum Gasteiger partial charge on any atom is -0.480 e. The van der Waals surface area contributed by atoms with E-state index in [4.69, 9.17) is 26.2 Å². The van der Waals surface area contributed by atoms with Crippen LogP contribution in [0.4, 0.5) is 13.2 Å². The summed E-state index contributed by atoms with van der Waals surface area (Å²) >= 11 is 2.21. The van der Waals surface area contributed by atoms with Crippen molar-refractivity contribution in [3.05, 3.63) is 86.2 Å². The van der Waals surface area contributed by atoms with E-state index in [0.29, 0.717) is 37.1 Å². The molecular weight excluding hydrogens is 688 g/mol. The van der Waals surface area contributed by atoms with E-state index < -0.39 is 30.1 Å². The molecule has 0 bridgehead atoms. The summed E-state index contributed by atoms with van der Waals surface area (Å²) in [6.07, 6.45) is -2.61. The maximum Gasteiger partial charge on any atom is 0.490 e. The van der Waals surface area contributed by atoms with Gasteiger partial charge in [-0.15, -0.1) is 0 Å². The molecule has 6 N–H and O–H groups in total. The highest BCUT2D eigenvalue weighted by Gasteiger charge is 2.38. The summed E-state index contributed by atoms with van der Waals surface area (Å²) in [6.45, 7) is 0.470. The molecule has 3 aromatic rings. The SMILES string of the molecule is N=C(N)c1ccc(C(=O)N[C@@H](Cc2ccc(I)cc2)C(=O)N2CCc3nn(CC(=O)O)cc3C2)cc1.O=C(O)C(F)(F)F. The van der Waals surface area contributed by atoms with Crippen LogP contribution in [0.5, 0.6) is 0 Å². The highest BCUT2D eigenvalue weighted by molar-refractivity contribution is 14.1. The van der Waals surface area contributed by atoms with Gasteiger partial charge in [0.15, 0.2) is 0 Å². The smallest absolute Gasteiger partial charge is 0.480 e. The van der Waals surface area contributed by atoms with Gasteiger partial charge in [0.25, 0.3) is 5.91 Å². The molecule has 0 aliphatic carbocycles. The maximum atomic E-state index is 13.6. The Morgan fingerprint density at radius 2 is 1.63 bits per heavy atom. The lowest BCUT2D eigenvalue weighted by Crippen LogP contribution is -2.50. The van der Waals surface area contributed by atoms with Crippen LogP contribution >= 0.6 is 22.6 Å². The predicted octanol–water partition coefficient (Wildman–Crippen LogP) is 2.42. The Morgan fingerprint density at radius 3 is 2.16 bits per heavy atom. The number of nitrogens with two attached hydrogens (primary N) is 1. The lowest BCUT2D eigenvalue weighted by Gasteiger charge is -2.30. The molecule has 2 aromatic carbocycles.